The standard InChI is InChI=1S/C27H32N2O2/c30-25(28-19-20-11-3-1-4-12-20)24-22-15-7-8-16-23(22)26(31)29(21-13-5-2-6-14-21)27(24)17-9-10-18-27/h1,3-4,7-8,11-12,15-16,21,24H,2,5-6,9-10,13-14,17-19H2,(H,28,30)/t24-/m1/s1. The fourth-order valence-corrected chi connectivity index (χ4v) is 6.36. The predicted octanol–water partition coefficient (Wildman–Crippen LogP) is 5.19. The molecule has 2 aromatic carbocycles. The van der Waals surface area contributed by atoms with Crippen LogP contribution < -0.4 is 5.32 Å². The summed E-state index contributed by atoms with van der Waals surface area (Å²) in [6.45, 7) is 0.520. The first-order valence-electron chi connectivity index (χ1n) is 11.9. The van der Waals surface area contributed by atoms with E-state index in [1.165, 1.54) is 19.3 Å². The topological polar surface area (TPSA) is 49.4 Å². The monoisotopic (exact) mass is 416 g/mol. The summed E-state index contributed by atoms with van der Waals surface area (Å²) in [4.78, 5) is 29.8. The Morgan fingerprint density at radius 3 is 2.32 bits per heavy atom. The highest BCUT2D eigenvalue weighted by Crippen LogP contribution is 2.52. The Morgan fingerprint density at radius 2 is 1.58 bits per heavy atom. The fourth-order valence-electron chi connectivity index (χ4n) is 6.36. The minimum absolute atomic E-state index is 0.0616. The van der Waals surface area contributed by atoms with E-state index in [0.717, 1.165) is 55.2 Å². The summed E-state index contributed by atoms with van der Waals surface area (Å²) in [5.41, 5.74) is 2.37. The first-order valence-corrected chi connectivity index (χ1v) is 11.9. The largest absolute Gasteiger partial charge is 0.351 e. The van der Waals surface area contributed by atoms with Crippen LogP contribution in [0.2, 0.25) is 0 Å². The van der Waals surface area contributed by atoms with Crippen LogP contribution in [0.3, 0.4) is 0 Å². The number of amides is 2. The predicted molar refractivity (Wildman–Crippen MR) is 122 cm³/mol. The van der Waals surface area contributed by atoms with Crippen LogP contribution in [0.15, 0.2) is 54.6 Å². The average molecular weight is 417 g/mol. The highest BCUT2D eigenvalue weighted by molar-refractivity contribution is 6.02. The summed E-state index contributed by atoms with van der Waals surface area (Å²) < 4.78 is 0. The summed E-state index contributed by atoms with van der Waals surface area (Å²) in [6.07, 6.45) is 9.75. The molecule has 1 N–H and O–H groups in total. The maximum absolute atomic E-state index is 13.8. The van der Waals surface area contributed by atoms with Crippen LogP contribution in [0.25, 0.3) is 0 Å². The van der Waals surface area contributed by atoms with E-state index in [-0.39, 0.29) is 29.3 Å². The summed E-state index contributed by atoms with van der Waals surface area (Å²) in [5.74, 6) is -0.0856. The molecule has 1 aliphatic heterocycles. The molecule has 2 saturated carbocycles. The fraction of sp³-hybridized carbons (Fsp3) is 0.481. The zero-order chi connectivity index (χ0) is 21.3. The normalized spacial score (nSPS) is 23.0. The third-order valence-corrected chi connectivity index (χ3v) is 7.72. The van der Waals surface area contributed by atoms with E-state index in [1.54, 1.807) is 0 Å². The maximum atomic E-state index is 13.8. The van der Waals surface area contributed by atoms with Crippen LogP contribution in [-0.4, -0.2) is 28.3 Å². The number of rotatable bonds is 4. The summed E-state index contributed by atoms with van der Waals surface area (Å²) in [5, 5.41) is 3.22. The Bertz CT molecular complexity index is 943. The second kappa shape index (κ2) is 8.49. The van der Waals surface area contributed by atoms with Crippen LogP contribution in [-0.2, 0) is 11.3 Å². The van der Waals surface area contributed by atoms with Gasteiger partial charge in [0, 0.05) is 18.2 Å². The molecule has 1 atom stereocenters. The lowest BCUT2D eigenvalue weighted by molar-refractivity contribution is -0.127. The zero-order valence-corrected chi connectivity index (χ0v) is 18.2. The van der Waals surface area contributed by atoms with E-state index < -0.39 is 0 Å². The van der Waals surface area contributed by atoms with Gasteiger partial charge in [0.1, 0.15) is 0 Å². The van der Waals surface area contributed by atoms with Crippen LogP contribution in [0.4, 0.5) is 0 Å². The molecule has 2 fully saturated rings. The van der Waals surface area contributed by atoms with E-state index in [4.69, 9.17) is 0 Å². The molecule has 2 aromatic rings. The van der Waals surface area contributed by atoms with Crippen LogP contribution >= 0.6 is 0 Å². The van der Waals surface area contributed by atoms with E-state index in [9.17, 15) is 9.59 Å². The van der Waals surface area contributed by atoms with Gasteiger partial charge in [0.2, 0.25) is 5.91 Å². The Morgan fingerprint density at radius 1 is 0.903 bits per heavy atom. The molecule has 1 heterocycles. The number of benzene rings is 2. The quantitative estimate of drug-likeness (QED) is 0.746. The highest BCUT2D eigenvalue weighted by Gasteiger charge is 2.57. The van der Waals surface area contributed by atoms with Gasteiger partial charge in [-0.15, -0.1) is 0 Å². The van der Waals surface area contributed by atoms with Crippen molar-refractivity contribution >= 4 is 11.8 Å². The van der Waals surface area contributed by atoms with Crippen molar-refractivity contribution in [1.29, 1.82) is 0 Å². The van der Waals surface area contributed by atoms with Crippen LogP contribution in [0.1, 0.15) is 85.2 Å². The maximum Gasteiger partial charge on any atom is 0.254 e. The molecule has 0 radical (unpaired) electrons. The molecule has 0 bridgehead atoms. The summed E-state index contributed by atoms with van der Waals surface area (Å²) >= 11 is 0. The number of carbonyl (C=O) groups is 2. The Hall–Kier alpha value is -2.62. The molecule has 0 saturated heterocycles. The van der Waals surface area contributed by atoms with E-state index >= 15 is 0 Å². The molecular formula is C27H32N2O2. The van der Waals surface area contributed by atoms with Gasteiger partial charge in [0.15, 0.2) is 0 Å². The van der Waals surface area contributed by atoms with Gasteiger partial charge < -0.3 is 10.2 Å². The van der Waals surface area contributed by atoms with Gasteiger partial charge in [-0.3, -0.25) is 9.59 Å². The number of fused-ring (bicyclic) bond motifs is 1. The smallest absolute Gasteiger partial charge is 0.254 e. The Labute approximate surface area is 185 Å². The van der Waals surface area contributed by atoms with Crippen molar-refractivity contribution in [2.45, 2.75) is 81.8 Å². The molecule has 2 aliphatic carbocycles. The summed E-state index contributed by atoms with van der Waals surface area (Å²) in [7, 11) is 0. The van der Waals surface area contributed by atoms with Gasteiger partial charge in [-0.2, -0.15) is 0 Å². The van der Waals surface area contributed by atoms with Crippen molar-refractivity contribution in [3.8, 4) is 0 Å². The number of carbonyl (C=O) groups excluding carboxylic acids is 2. The molecule has 1 spiro atoms. The number of nitrogens with one attached hydrogen (secondary N) is 1. The molecule has 31 heavy (non-hydrogen) atoms. The van der Waals surface area contributed by atoms with Crippen LogP contribution in [0, 0.1) is 0 Å². The van der Waals surface area contributed by atoms with E-state index in [2.05, 4.69) is 10.2 Å². The van der Waals surface area contributed by atoms with Crippen molar-refractivity contribution in [3.05, 3.63) is 71.3 Å². The zero-order valence-electron chi connectivity index (χ0n) is 18.2. The second-order valence-corrected chi connectivity index (χ2v) is 9.50. The van der Waals surface area contributed by atoms with E-state index in [1.807, 2.05) is 54.6 Å². The van der Waals surface area contributed by atoms with Gasteiger partial charge in [-0.25, -0.2) is 0 Å². The number of nitrogens with zero attached hydrogens (tertiary/aromatic N) is 1. The van der Waals surface area contributed by atoms with Gasteiger partial charge in [-0.05, 0) is 42.9 Å². The Balaban J connectivity index is 1.54. The van der Waals surface area contributed by atoms with Crippen molar-refractivity contribution in [2.24, 2.45) is 0 Å². The molecule has 3 aliphatic rings. The first-order chi connectivity index (χ1) is 15.2. The SMILES string of the molecule is O=C(NCc1ccccc1)[C@H]1c2ccccc2C(=O)N(C2CCCCC2)C12CCCC2. The summed E-state index contributed by atoms with van der Waals surface area (Å²) in [6, 6.07) is 18.2. The van der Waals surface area contributed by atoms with Crippen LogP contribution in [0.5, 0.6) is 0 Å². The molecule has 4 heteroatoms. The minimum Gasteiger partial charge on any atom is -0.351 e. The van der Waals surface area contributed by atoms with E-state index in [0.29, 0.717) is 6.54 Å². The molecule has 5 rings (SSSR count). The second-order valence-electron chi connectivity index (χ2n) is 9.50. The van der Waals surface area contributed by atoms with Crippen molar-refractivity contribution in [1.82, 2.24) is 10.2 Å². The average Bonchev–Trinajstić information content (AvgIpc) is 3.28. The Kier molecular flexibility index (Phi) is 5.56. The molecule has 162 valence electrons. The van der Waals surface area contributed by atoms with Gasteiger partial charge in [0.25, 0.3) is 5.91 Å². The molecule has 0 unspecified atom stereocenters. The third-order valence-electron chi connectivity index (χ3n) is 7.72. The van der Waals surface area contributed by atoms with Gasteiger partial charge >= 0.3 is 0 Å². The van der Waals surface area contributed by atoms with Crippen molar-refractivity contribution in [2.75, 3.05) is 0 Å². The lowest BCUT2D eigenvalue weighted by Gasteiger charge is -2.54. The van der Waals surface area contributed by atoms with Crippen molar-refractivity contribution < 1.29 is 9.59 Å². The lowest BCUT2D eigenvalue weighted by atomic mass is 9.69. The molecule has 0 aromatic heterocycles. The molecule has 2 amide bonds. The number of hydrogen-bond acceptors (Lipinski definition) is 2. The number of hydrogen-bond donors (Lipinski definition) is 1. The van der Waals surface area contributed by atoms with Crippen molar-refractivity contribution in [3.63, 3.8) is 0 Å². The third kappa shape index (κ3) is 3.56. The van der Waals surface area contributed by atoms with Gasteiger partial charge in [-0.1, -0.05) is 80.6 Å². The lowest BCUT2D eigenvalue weighted by Crippen LogP contribution is -2.63. The first kappa shape index (κ1) is 20.3. The van der Waals surface area contributed by atoms with Gasteiger partial charge in [0.05, 0.1) is 11.5 Å². The molecular weight excluding hydrogens is 384 g/mol. The highest BCUT2D eigenvalue weighted by atomic mass is 16.2. The molecule has 4 nitrogen and oxygen atoms in total. The minimum atomic E-state index is -0.381.